The van der Waals surface area contributed by atoms with E-state index in [0.717, 1.165) is 13.1 Å². The molecule has 1 amide bonds. The van der Waals surface area contributed by atoms with Gasteiger partial charge in [-0.1, -0.05) is 23.2 Å². The van der Waals surface area contributed by atoms with Crippen LogP contribution in [0.2, 0.25) is 10.0 Å². The molecule has 0 radical (unpaired) electrons. The van der Waals surface area contributed by atoms with Crippen LogP contribution >= 0.6 is 23.2 Å². The second kappa shape index (κ2) is 6.57. The maximum Gasteiger partial charge on any atom is 0.241 e. The zero-order valence-electron chi connectivity index (χ0n) is 10.7. The molecule has 0 aliphatic carbocycles. The van der Waals surface area contributed by atoms with Gasteiger partial charge in [0, 0.05) is 28.8 Å². The highest BCUT2D eigenvalue weighted by Crippen LogP contribution is 2.22. The van der Waals surface area contributed by atoms with E-state index in [9.17, 15) is 4.79 Å². The molecule has 1 N–H and O–H groups in total. The smallest absolute Gasteiger partial charge is 0.241 e. The van der Waals surface area contributed by atoms with E-state index in [-0.39, 0.29) is 11.9 Å². The molecule has 1 atom stereocenters. The van der Waals surface area contributed by atoms with Gasteiger partial charge in [0.05, 0.1) is 19.3 Å². The van der Waals surface area contributed by atoms with Gasteiger partial charge in [-0.2, -0.15) is 0 Å². The quantitative estimate of drug-likeness (QED) is 0.933. The number of ether oxygens (including phenoxy) is 1. The molecule has 1 fully saturated rings. The number of benzene rings is 1. The molecule has 104 valence electrons. The molecule has 1 aromatic carbocycles. The van der Waals surface area contributed by atoms with E-state index < -0.39 is 0 Å². The topological polar surface area (TPSA) is 41.6 Å². The maximum absolute atomic E-state index is 12.2. The fourth-order valence-corrected chi connectivity index (χ4v) is 2.53. The first-order chi connectivity index (χ1) is 9.06. The lowest BCUT2D eigenvalue weighted by molar-refractivity contribution is -0.122. The van der Waals surface area contributed by atoms with Crippen molar-refractivity contribution in [3.8, 4) is 0 Å². The number of carbonyl (C=O) groups excluding carboxylic acids is 1. The van der Waals surface area contributed by atoms with Crippen LogP contribution in [-0.2, 0) is 9.53 Å². The van der Waals surface area contributed by atoms with Gasteiger partial charge in [0.15, 0.2) is 0 Å². The second-order valence-electron chi connectivity index (χ2n) is 4.47. The average molecular weight is 303 g/mol. The van der Waals surface area contributed by atoms with Crippen molar-refractivity contribution in [2.24, 2.45) is 0 Å². The number of carbonyl (C=O) groups is 1. The van der Waals surface area contributed by atoms with Gasteiger partial charge in [-0.15, -0.1) is 0 Å². The highest BCUT2D eigenvalue weighted by Gasteiger charge is 2.23. The number of amides is 1. The monoisotopic (exact) mass is 302 g/mol. The first kappa shape index (κ1) is 14.6. The van der Waals surface area contributed by atoms with E-state index in [4.69, 9.17) is 27.9 Å². The summed E-state index contributed by atoms with van der Waals surface area (Å²) in [5, 5.41) is 3.83. The Labute approximate surface area is 122 Å². The van der Waals surface area contributed by atoms with E-state index >= 15 is 0 Å². The minimum absolute atomic E-state index is 0.0692. The summed E-state index contributed by atoms with van der Waals surface area (Å²) in [5.41, 5.74) is 0.614. The fourth-order valence-electron chi connectivity index (χ4n) is 2.00. The van der Waals surface area contributed by atoms with Crippen LogP contribution in [0.15, 0.2) is 18.2 Å². The van der Waals surface area contributed by atoms with Crippen molar-refractivity contribution in [3.05, 3.63) is 28.2 Å². The first-order valence-electron chi connectivity index (χ1n) is 6.15. The predicted molar refractivity (Wildman–Crippen MR) is 76.9 cm³/mol. The van der Waals surface area contributed by atoms with Gasteiger partial charge < -0.3 is 10.1 Å². The number of morpholine rings is 1. The molecule has 1 aliphatic heterocycles. The van der Waals surface area contributed by atoms with Crippen LogP contribution in [0.4, 0.5) is 5.69 Å². The molecule has 19 heavy (non-hydrogen) atoms. The average Bonchev–Trinajstić information content (AvgIpc) is 2.37. The zero-order valence-corrected chi connectivity index (χ0v) is 12.2. The van der Waals surface area contributed by atoms with Crippen molar-refractivity contribution in [3.63, 3.8) is 0 Å². The number of nitrogens with one attached hydrogen (secondary N) is 1. The van der Waals surface area contributed by atoms with Gasteiger partial charge in [-0.05, 0) is 25.1 Å². The number of hydrogen-bond donors (Lipinski definition) is 1. The summed E-state index contributed by atoms with van der Waals surface area (Å²) >= 11 is 11.8. The van der Waals surface area contributed by atoms with Gasteiger partial charge in [0.1, 0.15) is 0 Å². The van der Waals surface area contributed by atoms with Crippen LogP contribution in [0.3, 0.4) is 0 Å². The lowest BCUT2D eigenvalue weighted by atomic mass is 10.2. The van der Waals surface area contributed by atoms with Crippen molar-refractivity contribution < 1.29 is 9.53 Å². The number of rotatable bonds is 3. The van der Waals surface area contributed by atoms with Crippen molar-refractivity contribution in [2.45, 2.75) is 13.0 Å². The highest BCUT2D eigenvalue weighted by molar-refractivity contribution is 6.35. The van der Waals surface area contributed by atoms with Gasteiger partial charge in [-0.25, -0.2) is 0 Å². The van der Waals surface area contributed by atoms with E-state index in [1.807, 2.05) is 6.92 Å². The molecule has 0 bridgehead atoms. The molecular formula is C13H16Cl2N2O2. The summed E-state index contributed by atoms with van der Waals surface area (Å²) in [7, 11) is 0. The van der Waals surface area contributed by atoms with Crippen molar-refractivity contribution in [1.82, 2.24) is 4.90 Å². The van der Waals surface area contributed by atoms with Gasteiger partial charge in [0.25, 0.3) is 0 Å². The Morgan fingerprint density at radius 3 is 2.42 bits per heavy atom. The van der Waals surface area contributed by atoms with Crippen molar-refractivity contribution in [1.29, 1.82) is 0 Å². The van der Waals surface area contributed by atoms with Crippen molar-refractivity contribution >= 4 is 34.8 Å². The Kier molecular flexibility index (Phi) is 5.05. The van der Waals surface area contributed by atoms with E-state index in [1.54, 1.807) is 18.2 Å². The Morgan fingerprint density at radius 2 is 1.84 bits per heavy atom. The molecule has 0 unspecified atom stereocenters. The molecule has 0 aromatic heterocycles. The van der Waals surface area contributed by atoms with E-state index in [0.29, 0.717) is 28.9 Å². The number of anilines is 1. The van der Waals surface area contributed by atoms with Crippen molar-refractivity contribution in [2.75, 3.05) is 31.6 Å². The largest absolute Gasteiger partial charge is 0.379 e. The summed E-state index contributed by atoms with van der Waals surface area (Å²) in [6.07, 6.45) is 0. The standard InChI is InChI=1S/C13H16Cl2N2O2/c1-9(17-2-4-19-5-3-17)13(18)16-12-7-10(14)6-11(15)8-12/h6-9H,2-5H2,1H3,(H,16,18)/t9-/m1/s1. The van der Waals surface area contributed by atoms with Gasteiger partial charge >= 0.3 is 0 Å². The SMILES string of the molecule is C[C@H](C(=O)Nc1cc(Cl)cc(Cl)c1)N1CCOCC1. The molecule has 1 heterocycles. The third-order valence-electron chi connectivity index (χ3n) is 3.10. The fraction of sp³-hybridized carbons (Fsp3) is 0.462. The van der Waals surface area contributed by atoms with Gasteiger partial charge in [0.2, 0.25) is 5.91 Å². The highest BCUT2D eigenvalue weighted by atomic mass is 35.5. The summed E-state index contributed by atoms with van der Waals surface area (Å²) in [6, 6.07) is 4.78. The van der Waals surface area contributed by atoms with Crippen LogP contribution < -0.4 is 5.32 Å². The first-order valence-corrected chi connectivity index (χ1v) is 6.90. The molecule has 1 aliphatic rings. The Bertz CT molecular complexity index is 442. The number of hydrogen-bond acceptors (Lipinski definition) is 3. The number of halogens is 2. The van der Waals surface area contributed by atoms with Gasteiger partial charge in [-0.3, -0.25) is 9.69 Å². The molecule has 6 heteroatoms. The van der Waals surface area contributed by atoms with Crippen LogP contribution in [-0.4, -0.2) is 43.2 Å². The normalized spacial score (nSPS) is 18.1. The molecule has 2 rings (SSSR count). The van der Waals surface area contributed by atoms with E-state index in [2.05, 4.69) is 10.2 Å². The molecule has 0 saturated carbocycles. The summed E-state index contributed by atoms with van der Waals surface area (Å²) in [4.78, 5) is 14.2. The van der Waals surface area contributed by atoms with E-state index in [1.165, 1.54) is 0 Å². The lowest BCUT2D eigenvalue weighted by Crippen LogP contribution is -2.47. The third kappa shape index (κ3) is 4.08. The summed E-state index contributed by atoms with van der Waals surface area (Å²) < 4.78 is 5.27. The van der Waals surface area contributed by atoms with Crippen LogP contribution in [0.5, 0.6) is 0 Å². The lowest BCUT2D eigenvalue weighted by Gasteiger charge is -2.31. The van der Waals surface area contributed by atoms with Crippen LogP contribution in [0, 0.1) is 0 Å². The Morgan fingerprint density at radius 1 is 1.26 bits per heavy atom. The Hall–Kier alpha value is -0.810. The maximum atomic E-state index is 12.2. The molecule has 1 aromatic rings. The zero-order chi connectivity index (χ0) is 13.8. The third-order valence-corrected chi connectivity index (χ3v) is 3.54. The molecule has 0 spiro atoms. The van der Waals surface area contributed by atoms with Crippen LogP contribution in [0.1, 0.15) is 6.92 Å². The summed E-state index contributed by atoms with van der Waals surface area (Å²) in [6.45, 7) is 4.75. The number of nitrogens with zero attached hydrogens (tertiary/aromatic N) is 1. The molecular weight excluding hydrogens is 287 g/mol. The second-order valence-corrected chi connectivity index (χ2v) is 5.34. The van der Waals surface area contributed by atoms with Crippen LogP contribution in [0.25, 0.3) is 0 Å². The molecule has 1 saturated heterocycles. The minimum Gasteiger partial charge on any atom is -0.379 e. The predicted octanol–water partition coefficient (Wildman–Crippen LogP) is 2.65. The molecule has 4 nitrogen and oxygen atoms in total. The summed E-state index contributed by atoms with van der Waals surface area (Å²) in [5.74, 6) is -0.0692. The Balaban J connectivity index is 1.99. The minimum atomic E-state index is -0.207.